The maximum atomic E-state index is 13.3. The number of pyridine rings is 1. The second-order valence-corrected chi connectivity index (χ2v) is 7.60. The lowest BCUT2D eigenvalue weighted by molar-refractivity contribution is 0.00624. The zero-order valence-electron chi connectivity index (χ0n) is 16.4. The predicted octanol–water partition coefficient (Wildman–Crippen LogP) is 0.700. The molecule has 0 unspecified atom stereocenters. The van der Waals surface area contributed by atoms with Crippen LogP contribution in [0.4, 0.5) is 4.39 Å². The van der Waals surface area contributed by atoms with Gasteiger partial charge < -0.3 is 29.6 Å². The van der Waals surface area contributed by atoms with Gasteiger partial charge in [-0.05, 0) is 19.1 Å². The number of aromatic amines is 1. The van der Waals surface area contributed by atoms with Gasteiger partial charge in [-0.1, -0.05) is 0 Å². The van der Waals surface area contributed by atoms with Crippen LogP contribution in [0.1, 0.15) is 33.6 Å². The number of nitrogens with one attached hydrogen (secondary N) is 2. The molecule has 2 aromatic heterocycles. The maximum absolute atomic E-state index is 13.3. The number of aromatic nitrogens is 3. The number of aromatic hydroxyl groups is 1. The Labute approximate surface area is 174 Å². The highest BCUT2D eigenvalue weighted by Crippen LogP contribution is 2.29. The number of imidazole rings is 1. The normalized spacial score (nSPS) is 20.1. The van der Waals surface area contributed by atoms with Gasteiger partial charge in [0.15, 0.2) is 17.7 Å². The molecule has 2 aliphatic heterocycles. The van der Waals surface area contributed by atoms with Crippen molar-refractivity contribution >= 4 is 22.8 Å². The first-order valence-corrected chi connectivity index (χ1v) is 9.66. The van der Waals surface area contributed by atoms with Crippen molar-refractivity contribution in [3.05, 3.63) is 57.5 Å². The number of carbonyl (C=O) groups is 2. The molecule has 11 heteroatoms. The highest BCUT2D eigenvalue weighted by atomic mass is 19.1. The van der Waals surface area contributed by atoms with Crippen LogP contribution in [0, 0.1) is 5.82 Å². The lowest BCUT2D eigenvalue weighted by Crippen LogP contribution is -2.49. The van der Waals surface area contributed by atoms with Crippen molar-refractivity contribution in [3.8, 4) is 5.75 Å². The van der Waals surface area contributed by atoms with Crippen LogP contribution in [0.15, 0.2) is 29.2 Å². The summed E-state index contributed by atoms with van der Waals surface area (Å²) < 4.78 is 20.3. The van der Waals surface area contributed by atoms with Gasteiger partial charge in [-0.15, -0.1) is 0 Å². The van der Waals surface area contributed by atoms with Crippen LogP contribution in [-0.2, 0) is 17.8 Å². The molecule has 0 spiro atoms. The molecule has 2 atom stereocenters. The SMILES string of the molecule is C[C@H]1CO[C@@H]2Cn3cc(C(=O)NCc4nc5cc(F)ccc5[nH]4)c(=O)c(O)c3C(=O)N12. The number of hydrogen-bond donors (Lipinski definition) is 3. The third-order valence-corrected chi connectivity index (χ3v) is 5.52. The van der Waals surface area contributed by atoms with E-state index < -0.39 is 35.0 Å². The van der Waals surface area contributed by atoms with Gasteiger partial charge in [0.1, 0.15) is 17.2 Å². The van der Waals surface area contributed by atoms with Crippen LogP contribution in [0.5, 0.6) is 5.75 Å². The van der Waals surface area contributed by atoms with Crippen molar-refractivity contribution in [3.63, 3.8) is 0 Å². The minimum absolute atomic E-state index is 0.0486. The topological polar surface area (TPSA) is 130 Å². The third kappa shape index (κ3) is 3.05. The van der Waals surface area contributed by atoms with Crippen LogP contribution in [0.25, 0.3) is 11.0 Å². The molecule has 0 radical (unpaired) electrons. The molecule has 3 aromatic rings. The molecule has 1 aromatic carbocycles. The van der Waals surface area contributed by atoms with Crippen LogP contribution in [0.2, 0.25) is 0 Å². The van der Waals surface area contributed by atoms with Gasteiger partial charge in [0.05, 0.1) is 36.8 Å². The molecule has 2 amide bonds. The molecule has 1 saturated heterocycles. The first-order valence-electron chi connectivity index (χ1n) is 9.66. The van der Waals surface area contributed by atoms with Crippen molar-refractivity contribution in [2.45, 2.75) is 32.3 Å². The van der Waals surface area contributed by atoms with E-state index >= 15 is 0 Å². The Morgan fingerprint density at radius 1 is 1.42 bits per heavy atom. The monoisotopic (exact) mass is 427 g/mol. The molecule has 10 nitrogen and oxygen atoms in total. The second kappa shape index (κ2) is 6.91. The molecule has 31 heavy (non-hydrogen) atoms. The van der Waals surface area contributed by atoms with Gasteiger partial charge in [0, 0.05) is 12.3 Å². The van der Waals surface area contributed by atoms with Gasteiger partial charge in [0.25, 0.3) is 11.8 Å². The zero-order chi connectivity index (χ0) is 21.9. The molecule has 0 aliphatic carbocycles. The first kappa shape index (κ1) is 19.2. The van der Waals surface area contributed by atoms with Gasteiger partial charge in [-0.2, -0.15) is 0 Å². The molecule has 0 bridgehead atoms. The minimum atomic E-state index is -0.935. The van der Waals surface area contributed by atoms with Crippen LogP contribution >= 0.6 is 0 Å². The Morgan fingerprint density at radius 3 is 3.03 bits per heavy atom. The van der Waals surface area contributed by atoms with E-state index in [4.69, 9.17) is 4.74 Å². The standard InChI is InChI=1S/C20H18FN5O5/c1-9-8-31-15-7-25-6-11(17(27)18(28)16(25)20(30)26(9)15)19(29)22-5-14-23-12-3-2-10(21)4-13(12)24-14/h2-4,6,9,15,28H,5,7-8H2,1H3,(H,22,29)(H,23,24)/t9-,15+/m0/s1. The average molecular weight is 427 g/mol. The predicted molar refractivity (Wildman–Crippen MR) is 105 cm³/mol. The number of ether oxygens (including phenoxy) is 1. The molecule has 160 valence electrons. The quantitative estimate of drug-likeness (QED) is 0.564. The smallest absolute Gasteiger partial charge is 0.276 e. The number of hydrogen-bond acceptors (Lipinski definition) is 6. The lowest BCUT2D eigenvalue weighted by atomic mass is 10.1. The summed E-state index contributed by atoms with van der Waals surface area (Å²) in [5.74, 6) is -2.08. The Kier molecular flexibility index (Phi) is 4.29. The fourth-order valence-electron chi connectivity index (χ4n) is 4.01. The zero-order valence-corrected chi connectivity index (χ0v) is 16.4. The van der Waals surface area contributed by atoms with Crippen molar-refractivity contribution in [2.24, 2.45) is 0 Å². The van der Waals surface area contributed by atoms with E-state index in [0.717, 1.165) is 0 Å². The van der Waals surface area contributed by atoms with Crippen molar-refractivity contribution in [1.82, 2.24) is 24.8 Å². The van der Waals surface area contributed by atoms with E-state index in [0.29, 0.717) is 23.5 Å². The lowest BCUT2D eigenvalue weighted by Gasteiger charge is -2.33. The molecular formula is C20H18FN5O5. The summed E-state index contributed by atoms with van der Waals surface area (Å²) in [4.78, 5) is 46.6. The summed E-state index contributed by atoms with van der Waals surface area (Å²) >= 11 is 0. The Morgan fingerprint density at radius 2 is 2.23 bits per heavy atom. The largest absolute Gasteiger partial charge is 0.503 e. The molecule has 4 heterocycles. The summed E-state index contributed by atoms with van der Waals surface area (Å²) in [6.07, 6.45) is 0.728. The highest BCUT2D eigenvalue weighted by Gasteiger charge is 2.42. The van der Waals surface area contributed by atoms with E-state index in [9.17, 15) is 23.9 Å². The van der Waals surface area contributed by atoms with Crippen molar-refractivity contribution < 1.29 is 23.8 Å². The minimum Gasteiger partial charge on any atom is -0.503 e. The van der Waals surface area contributed by atoms with Crippen LogP contribution < -0.4 is 10.7 Å². The number of carbonyl (C=O) groups excluding carboxylic acids is 2. The maximum Gasteiger partial charge on any atom is 0.276 e. The van der Waals surface area contributed by atoms with E-state index in [1.807, 2.05) is 6.92 Å². The summed E-state index contributed by atoms with van der Waals surface area (Å²) in [5, 5.41) is 13.0. The fourth-order valence-corrected chi connectivity index (χ4v) is 4.01. The summed E-state index contributed by atoms with van der Waals surface area (Å²) in [6.45, 7) is 2.31. The summed E-state index contributed by atoms with van der Waals surface area (Å²) in [7, 11) is 0. The fraction of sp³-hybridized carbons (Fsp3) is 0.300. The number of halogens is 1. The summed E-state index contributed by atoms with van der Waals surface area (Å²) in [6, 6.07) is 3.90. The molecule has 5 rings (SSSR count). The van der Waals surface area contributed by atoms with E-state index in [1.54, 1.807) is 0 Å². The molecule has 3 N–H and O–H groups in total. The molecular weight excluding hydrogens is 409 g/mol. The number of fused-ring (bicyclic) bond motifs is 3. The van der Waals surface area contributed by atoms with Crippen LogP contribution in [-0.4, -0.2) is 55.2 Å². The number of H-pyrrole nitrogens is 1. The number of amides is 2. The van der Waals surface area contributed by atoms with Crippen molar-refractivity contribution in [2.75, 3.05) is 6.61 Å². The van der Waals surface area contributed by atoms with Gasteiger partial charge in [-0.3, -0.25) is 14.4 Å². The number of nitrogens with zero attached hydrogens (tertiary/aromatic N) is 3. The summed E-state index contributed by atoms with van der Waals surface area (Å²) in [5.41, 5.74) is -0.393. The van der Waals surface area contributed by atoms with E-state index in [1.165, 1.54) is 33.9 Å². The van der Waals surface area contributed by atoms with Gasteiger partial charge in [0.2, 0.25) is 5.43 Å². The number of rotatable bonds is 3. The second-order valence-electron chi connectivity index (χ2n) is 7.60. The van der Waals surface area contributed by atoms with Gasteiger partial charge >= 0.3 is 0 Å². The Bertz CT molecular complexity index is 1300. The van der Waals surface area contributed by atoms with Crippen LogP contribution in [0.3, 0.4) is 0 Å². The Balaban J connectivity index is 1.41. The first-order chi connectivity index (χ1) is 14.8. The highest BCUT2D eigenvalue weighted by molar-refractivity contribution is 5.99. The molecule has 1 fully saturated rings. The Hall–Kier alpha value is -3.73. The van der Waals surface area contributed by atoms with E-state index in [2.05, 4.69) is 15.3 Å². The van der Waals surface area contributed by atoms with E-state index in [-0.39, 0.29) is 30.4 Å². The molecule has 0 saturated carbocycles. The molecule has 2 aliphatic rings. The van der Waals surface area contributed by atoms with Gasteiger partial charge in [-0.25, -0.2) is 9.37 Å². The number of benzene rings is 1. The van der Waals surface area contributed by atoms with Crippen molar-refractivity contribution in [1.29, 1.82) is 0 Å². The average Bonchev–Trinajstić information content (AvgIpc) is 3.31. The third-order valence-electron chi connectivity index (χ3n) is 5.52.